The molecule has 0 spiro atoms. The molecule has 0 fully saturated rings. The standard InChI is InChI=1S/C22H25NO5S/c1-22(2,3)18-9-4-16(5-10-18)6-13-20(24)17-7-11-19(12-8-17)29(27,28)23-15-14-21(25)26/h4-13,23H,14-15H2,1-3H3,(H,25,26)/b13-6-. The fraction of sp³-hybridized carbons (Fsp3) is 0.273. The van der Waals surface area contributed by atoms with Gasteiger partial charge in [0.25, 0.3) is 0 Å². The molecule has 7 heteroatoms. The van der Waals surface area contributed by atoms with E-state index in [9.17, 15) is 18.0 Å². The molecule has 2 rings (SSSR count). The molecule has 0 aliphatic carbocycles. The van der Waals surface area contributed by atoms with Crippen LogP contribution in [0.3, 0.4) is 0 Å². The lowest BCUT2D eigenvalue weighted by Crippen LogP contribution is -2.26. The molecule has 0 aromatic heterocycles. The van der Waals surface area contributed by atoms with Gasteiger partial charge in [-0.25, -0.2) is 13.1 Å². The van der Waals surface area contributed by atoms with Gasteiger partial charge < -0.3 is 5.11 Å². The Balaban J connectivity index is 2.05. The highest BCUT2D eigenvalue weighted by molar-refractivity contribution is 7.89. The zero-order valence-electron chi connectivity index (χ0n) is 16.7. The zero-order chi connectivity index (χ0) is 21.7. The van der Waals surface area contributed by atoms with Gasteiger partial charge in [0.2, 0.25) is 10.0 Å². The van der Waals surface area contributed by atoms with Crippen LogP contribution in [0.5, 0.6) is 0 Å². The predicted octanol–water partition coefficient (Wildman–Crippen LogP) is 3.63. The van der Waals surface area contributed by atoms with Crippen molar-refractivity contribution in [2.45, 2.75) is 37.5 Å². The summed E-state index contributed by atoms with van der Waals surface area (Å²) in [5.74, 6) is -1.33. The van der Waals surface area contributed by atoms with E-state index < -0.39 is 16.0 Å². The van der Waals surface area contributed by atoms with Crippen LogP contribution in [0.25, 0.3) is 6.08 Å². The summed E-state index contributed by atoms with van der Waals surface area (Å²) in [5.41, 5.74) is 2.52. The Morgan fingerprint density at radius 3 is 2.10 bits per heavy atom. The molecule has 0 unspecified atom stereocenters. The molecule has 0 radical (unpaired) electrons. The van der Waals surface area contributed by atoms with Gasteiger partial charge in [-0.05, 0) is 46.9 Å². The predicted molar refractivity (Wildman–Crippen MR) is 112 cm³/mol. The number of ketones is 1. The first-order valence-corrected chi connectivity index (χ1v) is 10.6. The first-order chi connectivity index (χ1) is 13.5. The number of hydrogen-bond acceptors (Lipinski definition) is 4. The number of carboxylic acids is 1. The summed E-state index contributed by atoms with van der Waals surface area (Å²) in [5, 5.41) is 8.58. The lowest BCUT2D eigenvalue weighted by molar-refractivity contribution is -0.136. The molecule has 0 aliphatic rings. The second-order valence-corrected chi connectivity index (χ2v) is 9.40. The molecule has 154 valence electrons. The maximum Gasteiger partial charge on any atom is 0.304 e. The highest BCUT2D eigenvalue weighted by Crippen LogP contribution is 2.22. The topological polar surface area (TPSA) is 101 Å². The van der Waals surface area contributed by atoms with E-state index in [-0.39, 0.29) is 29.1 Å². The van der Waals surface area contributed by atoms with Crippen molar-refractivity contribution in [2.75, 3.05) is 6.54 Å². The Bertz CT molecular complexity index is 999. The molecule has 0 atom stereocenters. The molecular weight excluding hydrogens is 390 g/mol. The third kappa shape index (κ3) is 6.66. The largest absolute Gasteiger partial charge is 0.481 e. The quantitative estimate of drug-likeness (QED) is 0.506. The van der Waals surface area contributed by atoms with Gasteiger partial charge >= 0.3 is 5.97 Å². The monoisotopic (exact) mass is 415 g/mol. The number of aliphatic carboxylic acids is 1. The fourth-order valence-corrected chi connectivity index (χ4v) is 3.57. The Kier molecular flexibility index (Phi) is 7.11. The SMILES string of the molecule is CC(C)(C)c1ccc(/C=C\C(=O)c2ccc(S(=O)(=O)NCCC(=O)O)cc2)cc1. The lowest BCUT2D eigenvalue weighted by Gasteiger charge is -2.18. The molecule has 2 N–H and O–H groups in total. The average molecular weight is 416 g/mol. The maximum atomic E-state index is 12.3. The van der Waals surface area contributed by atoms with Gasteiger partial charge in [0.05, 0.1) is 11.3 Å². The van der Waals surface area contributed by atoms with Crippen LogP contribution in [0.4, 0.5) is 0 Å². The molecular formula is C22H25NO5S. The summed E-state index contributed by atoms with van der Waals surface area (Å²) >= 11 is 0. The number of carbonyl (C=O) groups excluding carboxylic acids is 1. The van der Waals surface area contributed by atoms with Crippen molar-refractivity contribution in [3.8, 4) is 0 Å². The molecule has 0 amide bonds. The van der Waals surface area contributed by atoms with E-state index >= 15 is 0 Å². The number of carboxylic acid groups (broad SMARTS) is 1. The summed E-state index contributed by atoms with van der Waals surface area (Å²) in [7, 11) is -3.81. The first kappa shape index (κ1) is 22.5. The summed E-state index contributed by atoms with van der Waals surface area (Å²) in [6.45, 7) is 6.20. The smallest absolute Gasteiger partial charge is 0.304 e. The van der Waals surface area contributed by atoms with Crippen molar-refractivity contribution in [3.05, 3.63) is 71.3 Å². The third-order valence-corrected chi connectivity index (χ3v) is 5.76. The van der Waals surface area contributed by atoms with Crippen LogP contribution < -0.4 is 4.72 Å². The van der Waals surface area contributed by atoms with Crippen molar-refractivity contribution in [3.63, 3.8) is 0 Å². The molecule has 0 bridgehead atoms. The fourth-order valence-electron chi connectivity index (χ4n) is 2.54. The van der Waals surface area contributed by atoms with E-state index in [0.29, 0.717) is 5.56 Å². The van der Waals surface area contributed by atoms with Crippen molar-refractivity contribution in [1.82, 2.24) is 4.72 Å². The molecule has 0 saturated heterocycles. The summed E-state index contributed by atoms with van der Waals surface area (Å²) in [6.07, 6.45) is 2.85. The number of carbonyl (C=O) groups is 2. The van der Waals surface area contributed by atoms with Crippen LogP contribution in [-0.2, 0) is 20.2 Å². The zero-order valence-corrected chi connectivity index (χ0v) is 17.5. The number of nitrogens with one attached hydrogen (secondary N) is 1. The third-order valence-electron chi connectivity index (χ3n) is 4.28. The number of benzene rings is 2. The van der Waals surface area contributed by atoms with Gasteiger partial charge in [0.15, 0.2) is 5.78 Å². The van der Waals surface area contributed by atoms with Gasteiger partial charge in [-0.3, -0.25) is 9.59 Å². The van der Waals surface area contributed by atoms with E-state index in [4.69, 9.17) is 5.11 Å². The molecule has 0 heterocycles. The van der Waals surface area contributed by atoms with E-state index in [1.165, 1.54) is 35.9 Å². The molecule has 29 heavy (non-hydrogen) atoms. The highest BCUT2D eigenvalue weighted by Gasteiger charge is 2.15. The van der Waals surface area contributed by atoms with Crippen molar-refractivity contribution in [1.29, 1.82) is 0 Å². The van der Waals surface area contributed by atoms with E-state index in [1.54, 1.807) is 6.08 Å². The van der Waals surface area contributed by atoms with Crippen LogP contribution in [0.1, 0.15) is 48.7 Å². The summed E-state index contributed by atoms with van der Waals surface area (Å²) < 4.78 is 26.4. The Labute approximate surface area is 171 Å². The van der Waals surface area contributed by atoms with Crippen molar-refractivity contribution >= 4 is 27.9 Å². The first-order valence-electron chi connectivity index (χ1n) is 9.13. The number of hydrogen-bond donors (Lipinski definition) is 2. The molecule has 2 aromatic carbocycles. The highest BCUT2D eigenvalue weighted by atomic mass is 32.2. The van der Waals surface area contributed by atoms with Crippen molar-refractivity contribution in [2.24, 2.45) is 0 Å². The maximum absolute atomic E-state index is 12.3. The second kappa shape index (κ2) is 9.15. The minimum absolute atomic E-state index is 0.0267. The lowest BCUT2D eigenvalue weighted by atomic mass is 9.87. The van der Waals surface area contributed by atoms with E-state index in [0.717, 1.165) is 5.56 Å². The van der Waals surface area contributed by atoms with Gasteiger partial charge in [0, 0.05) is 12.1 Å². The Morgan fingerprint density at radius 2 is 1.59 bits per heavy atom. The molecule has 0 aliphatic heterocycles. The van der Waals surface area contributed by atoms with Gasteiger partial charge in [0.1, 0.15) is 0 Å². The van der Waals surface area contributed by atoms with E-state index in [1.807, 2.05) is 24.3 Å². The minimum atomic E-state index is -3.81. The Morgan fingerprint density at radius 1 is 1.00 bits per heavy atom. The van der Waals surface area contributed by atoms with Crippen LogP contribution >= 0.6 is 0 Å². The molecule has 2 aromatic rings. The number of sulfonamides is 1. The number of rotatable bonds is 8. The van der Waals surface area contributed by atoms with Gasteiger partial charge in [-0.1, -0.05) is 51.1 Å². The van der Waals surface area contributed by atoms with Crippen LogP contribution in [0.2, 0.25) is 0 Å². The second-order valence-electron chi connectivity index (χ2n) is 7.64. The van der Waals surface area contributed by atoms with Crippen LogP contribution in [0, 0.1) is 0 Å². The van der Waals surface area contributed by atoms with Crippen molar-refractivity contribution < 1.29 is 23.1 Å². The minimum Gasteiger partial charge on any atom is -0.481 e. The van der Waals surface area contributed by atoms with Crippen LogP contribution in [-0.4, -0.2) is 31.8 Å². The summed E-state index contributed by atoms with van der Waals surface area (Å²) in [6, 6.07) is 13.5. The molecule has 0 saturated carbocycles. The average Bonchev–Trinajstić information content (AvgIpc) is 2.65. The Hall–Kier alpha value is -2.77. The van der Waals surface area contributed by atoms with Crippen LogP contribution in [0.15, 0.2) is 59.5 Å². The summed E-state index contributed by atoms with van der Waals surface area (Å²) in [4.78, 5) is 22.8. The molecule has 6 nitrogen and oxygen atoms in total. The van der Waals surface area contributed by atoms with Gasteiger partial charge in [-0.2, -0.15) is 0 Å². The normalized spacial score (nSPS) is 12.2. The number of allylic oxidation sites excluding steroid dienone is 1. The van der Waals surface area contributed by atoms with Gasteiger partial charge in [-0.15, -0.1) is 0 Å². The van der Waals surface area contributed by atoms with E-state index in [2.05, 4.69) is 25.5 Å².